The minimum absolute atomic E-state index is 0.423. The zero-order chi connectivity index (χ0) is 16.2. The van der Waals surface area contributed by atoms with Crippen molar-refractivity contribution >= 4 is 0 Å². The maximum atomic E-state index is 5.61. The predicted molar refractivity (Wildman–Crippen MR) is 93.2 cm³/mol. The van der Waals surface area contributed by atoms with E-state index in [2.05, 4.69) is 35.6 Å². The van der Waals surface area contributed by atoms with Gasteiger partial charge in [-0.2, -0.15) is 0 Å². The van der Waals surface area contributed by atoms with Gasteiger partial charge in [-0.1, -0.05) is 30.3 Å². The van der Waals surface area contributed by atoms with Crippen LogP contribution in [0.15, 0.2) is 36.4 Å². The summed E-state index contributed by atoms with van der Waals surface area (Å²) >= 11 is 0. The molecule has 0 saturated carbocycles. The van der Waals surface area contributed by atoms with Crippen LogP contribution in [0.2, 0.25) is 0 Å². The summed E-state index contributed by atoms with van der Waals surface area (Å²) in [5.41, 5.74) is 5.16. The maximum Gasteiger partial charge on any atom is 0.129 e. The Kier molecular flexibility index (Phi) is 4.87. The molecule has 0 bridgehead atoms. The standard InChI is InChI=1S/C20H25NO2/c1-14-19(22-2)12-11-16(20(14)23-3)13-21-18-10-6-8-15-7-4-5-9-17(15)18/h4-5,7,9,11-12,18,21H,6,8,10,13H2,1-3H3. The van der Waals surface area contributed by atoms with Crippen molar-refractivity contribution in [2.24, 2.45) is 0 Å². The Labute approximate surface area is 138 Å². The fourth-order valence-corrected chi connectivity index (χ4v) is 3.57. The second kappa shape index (κ2) is 7.05. The molecule has 0 aromatic heterocycles. The molecule has 3 heteroatoms. The lowest BCUT2D eigenvalue weighted by Gasteiger charge is -2.27. The Balaban J connectivity index is 1.78. The SMILES string of the molecule is COc1ccc(CNC2CCCc3ccccc32)c(OC)c1C. The summed E-state index contributed by atoms with van der Waals surface area (Å²) in [6.07, 6.45) is 3.63. The van der Waals surface area contributed by atoms with E-state index in [4.69, 9.17) is 9.47 Å². The molecular formula is C20H25NO2. The van der Waals surface area contributed by atoms with Crippen LogP contribution in [0.1, 0.15) is 41.1 Å². The van der Waals surface area contributed by atoms with E-state index in [0.29, 0.717) is 6.04 Å². The van der Waals surface area contributed by atoms with Gasteiger partial charge >= 0.3 is 0 Å². The fourth-order valence-electron chi connectivity index (χ4n) is 3.57. The predicted octanol–water partition coefficient (Wildman–Crippen LogP) is 4.18. The highest BCUT2D eigenvalue weighted by atomic mass is 16.5. The normalized spacial score (nSPS) is 16.7. The zero-order valence-corrected chi connectivity index (χ0v) is 14.2. The van der Waals surface area contributed by atoms with Gasteiger partial charge in [0.2, 0.25) is 0 Å². The van der Waals surface area contributed by atoms with Gasteiger partial charge in [0, 0.05) is 23.7 Å². The lowest BCUT2D eigenvalue weighted by Crippen LogP contribution is -2.25. The first-order valence-corrected chi connectivity index (χ1v) is 8.26. The molecule has 1 unspecified atom stereocenters. The third kappa shape index (κ3) is 3.20. The summed E-state index contributed by atoms with van der Waals surface area (Å²) in [4.78, 5) is 0. The van der Waals surface area contributed by atoms with Crippen molar-refractivity contribution in [2.45, 2.75) is 38.8 Å². The first-order chi connectivity index (χ1) is 11.2. The molecule has 1 atom stereocenters. The molecule has 0 radical (unpaired) electrons. The van der Waals surface area contributed by atoms with E-state index in [1.165, 1.54) is 36.0 Å². The lowest BCUT2D eigenvalue weighted by atomic mass is 9.87. The number of fused-ring (bicyclic) bond motifs is 1. The van der Waals surface area contributed by atoms with E-state index >= 15 is 0 Å². The monoisotopic (exact) mass is 311 g/mol. The highest BCUT2D eigenvalue weighted by Crippen LogP contribution is 2.33. The van der Waals surface area contributed by atoms with E-state index in [-0.39, 0.29) is 0 Å². The van der Waals surface area contributed by atoms with Crippen LogP contribution in [0.4, 0.5) is 0 Å². The Bertz CT molecular complexity index is 681. The van der Waals surface area contributed by atoms with Gasteiger partial charge in [-0.3, -0.25) is 0 Å². The molecule has 1 aliphatic rings. The van der Waals surface area contributed by atoms with Gasteiger partial charge in [0.25, 0.3) is 0 Å². The summed E-state index contributed by atoms with van der Waals surface area (Å²) in [7, 11) is 3.42. The molecule has 3 rings (SSSR count). The average Bonchev–Trinajstić information content (AvgIpc) is 2.60. The van der Waals surface area contributed by atoms with Crippen LogP contribution in [0.3, 0.4) is 0 Å². The number of hydrogen-bond acceptors (Lipinski definition) is 3. The van der Waals surface area contributed by atoms with E-state index in [9.17, 15) is 0 Å². The number of aryl methyl sites for hydroxylation is 1. The van der Waals surface area contributed by atoms with Crippen molar-refractivity contribution in [3.63, 3.8) is 0 Å². The molecule has 2 aromatic carbocycles. The summed E-state index contributed by atoms with van der Waals surface area (Å²) < 4.78 is 11.0. The summed E-state index contributed by atoms with van der Waals surface area (Å²) in [5, 5.41) is 3.71. The second-order valence-electron chi connectivity index (χ2n) is 6.11. The van der Waals surface area contributed by atoms with Crippen LogP contribution in [0.5, 0.6) is 11.5 Å². The molecule has 23 heavy (non-hydrogen) atoms. The van der Waals surface area contributed by atoms with Crippen LogP contribution >= 0.6 is 0 Å². The van der Waals surface area contributed by atoms with Crippen molar-refractivity contribution in [1.82, 2.24) is 5.32 Å². The molecule has 1 aliphatic carbocycles. The van der Waals surface area contributed by atoms with E-state index in [1.807, 2.05) is 13.0 Å². The summed E-state index contributed by atoms with van der Waals surface area (Å²) in [5.74, 6) is 1.79. The summed E-state index contributed by atoms with van der Waals surface area (Å²) in [6, 6.07) is 13.3. The Morgan fingerprint density at radius 2 is 1.91 bits per heavy atom. The third-order valence-electron chi connectivity index (χ3n) is 4.77. The first-order valence-electron chi connectivity index (χ1n) is 8.26. The maximum absolute atomic E-state index is 5.61. The van der Waals surface area contributed by atoms with Crippen LogP contribution in [-0.2, 0) is 13.0 Å². The smallest absolute Gasteiger partial charge is 0.129 e. The fraction of sp³-hybridized carbons (Fsp3) is 0.400. The van der Waals surface area contributed by atoms with Crippen molar-refractivity contribution in [2.75, 3.05) is 14.2 Å². The van der Waals surface area contributed by atoms with E-state index in [1.54, 1.807) is 14.2 Å². The van der Waals surface area contributed by atoms with Crippen LogP contribution in [0.25, 0.3) is 0 Å². The molecule has 0 amide bonds. The minimum Gasteiger partial charge on any atom is -0.496 e. The highest BCUT2D eigenvalue weighted by molar-refractivity contribution is 5.49. The molecule has 0 spiro atoms. The highest BCUT2D eigenvalue weighted by Gasteiger charge is 2.20. The molecule has 0 heterocycles. The number of hydrogen-bond donors (Lipinski definition) is 1. The largest absolute Gasteiger partial charge is 0.496 e. The number of rotatable bonds is 5. The Hall–Kier alpha value is -2.00. The zero-order valence-electron chi connectivity index (χ0n) is 14.2. The number of benzene rings is 2. The topological polar surface area (TPSA) is 30.5 Å². The molecule has 1 N–H and O–H groups in total. The van der Waals surface area contributed by atoms with Crippen molar-refractivity contribution < 1.29 is 9.47 Å². The number of methoxy groups -OCH3 is 2. The van der Waals surface area contributed by atoms with Gasteiger partial charge in [-0.25, -0.2) is 0 Å². The summed E-state index contributed by atoms with van der Waals surface area (Å²) in [6.45, 7) is 2.84. The number of ether oxygens (including phenoxy) is 2. The van der Waals surface area contributed by atoms with Crippen LogP contribution in [-0.4, -0.2) is 14.2 Å². The van der Waals surface area contributed by atoms with Crippen LogP contribution < -0.4 is 14.8 Å². The van der Waals surface area contributed by atoms with E-state index in [0.717, 1.165) is 23.6 Å². The Morgan fingerprint density at radius 3 is 2.70 bits per heavy atom. The van der Waals surface area contributed by atoms with Gasteiger partial charge in [0.05, 0.1) is 14.2 Å². The molecular weight excluding hydrogens is 286 g/mol. The average molecular weight is 311 g/mol. The number of nitrogens with one attached hydrogen (secondary N) is 1. The van der Waals surface area contributed by atoms with E-state index < -0.39 is 0 Å². The van der Waals surface area contributed by atoms with Gasteiger partial charge in [-0.05, 0) is 43.4 Å². The molecule has 3 nitrogen and oxygen atoms in total. The van der Waals surface area contributed by atoms with Crippen molar-refractivity contribution in [3.05, 3.63) is 58.7 Å². The quantitative estimate of drug-likeness (QED) is 0.898. The van der Waals surface area contributed by atoms with Gasteiger partial charge in [0.15, 0.2) is 0 Å². The van der Waals surface area contributed by atoms with Gasteiger partial charge in [0.1, 0.15) is 11.5 Å². The molecule has 0 fully saturated rings. The van der Waals surface area contributed by atoms with Crippen molar-refractivity contribution in [3.8, 4) is 11.5 Å². The molecule has 2 aromatic rings. The molecule has 0 saturated heterocycles. The molecule has 0 aliphatic heterocycles. The van der Waals surface area contributed by atoms with Crippen molar-refractivity contribution in [1.29, 1.82) is 0 Å². The minimum atomic E-state index is 0.423. The molecule has 122 valence electrons. The van der Waals surface area contributed by atoms with Gasteiger partial charge in [-0.15, -0.1) is 0 Å². The second-order valence-corrected chi connectivity index (χ2v) is 6.11. The van der Waals surface area contributed by atoms with Crippen LogP contribution in [0, 0.1) is 6.92 Å². The third-order valence-corrected chi connectivity index (χ3v) is 4.77. The first kappa shape index (κ1) is 15.9. The Morgan fingerprint density at radius 1 is 1.09 bits per heavy atom. The van der Waals surface area contributed by atoms with Gasteiger partial charge < -0.3 is 14.8 Å². The lowest BCUT2D eigenvalue weighted by molar-refractivity contribution is 0.381.